The third kappa shape index (κ3) is 4.12. The Balaban J connectivity index is 1.83. The number of rotatable bonds is 4. The number of hydrogen-bond donors (Lipinski definition) is 2. The van der Waals surface area contributed by atoms with E-state index < -0.39 is 23.7 Å². The number of benzene rings is 1. The summed E-state index contributed by atoms with van der Waals surface area (Å²) in [7, 11) is 0. The lowest BCUT2D eigenvalue weighted by molar-refractivity contribution is -0.222. The highest BCUT2D eigenvalue weighted by Gasteiger charge is 2.38. The summed E-state index contributed by atoms with van der Waals surface area (Å²) in [5.74, 6) is -3.98. The fourth-order valence-corrected chi connectivity index (χ4v) is 2.42. The Bertz CT molecular complexity index is 942. The molecule has 27 heavy (non-hydrogen) atoms. The number of aromatic nitrogens is 1. The summed E-state index contributed by atoms with van der Waals surface area (Å²) in [6.45, 7) is 2.93. The predicted octanol–water partition coefficient (Wildman–Crippen LogP) is 2.58. The fraction of sp³-hybridized carbons (Fsp3) is 0.158. The van der Waals surface area contributed by atoms with Crippen molar-refractivity contribution in [1.29, 1.82) is 0 Å². The lowest BCUT2D eigenvalue weighted by Crippen LogP contribution is -2.42. The molecular formula is C19H16N2O6. The molecule has 0 atom stereocenters. The van der Waals surface area contributed by atoms with Crippen LogP contribution < -0.4 is 5.32 Å². The molecule has 1 fully saturated rings. The summed E-state index contributed by atoms with van der Waals surface area (Å²) in [4.78, 5) is 39.0. The molecular weight excluding hydrogens is 352 g/mol. The maximum atomic E-state index is 11.9. The second-order valence-electron chi connectivity index (χ2n) is 6.18. The average molecular weight is 368 g/mol. The minimum absolute atomic E-state index is 0.0664. The lowest BCUT2D eigenvalue weighted by Gasteiger charge is -2.29. The van der Waals surface area contributed by atoms with Crippen LogP contribution >= 0.6 is 0 Å². The molecule has 8 nitrogen and oxygen atoms in total. The van der Waals surface area contributed by atoms with E-state index in [-0.39, 0.29) is 11.3 Å². The third-order valence-electron chi connectivity index (χ3n) is 3.63. The van der Waals surface area contributed by atoms with Gasteiger partial charge >= 0.3 is 17.9 Å². The first kappa shape index (κ1) is 18.1. The summed E-state index contributed by atoms with van der Waals surface area (Å²) in [5.41, 5.74) is 1.38. The van der Waals surface area contributed by atoms with Gasteiger partial charge in [-0.15, -0.1) is 0 Å². The number of cyclic esters (lactones) is 2. The highest BCUT2D eigenvalue weighted by molar-refractivity contribution is 6.15. The Morgan fingerprint density at radius 3 is 2.44 bits per heavy atom. The van der Waals surface area contributed by atoms with Gasteiger partial charge in [-0.05, 0) is 24.3 Å². The van der Waals surface area contributed by atoms with Crippen molar-refractivity contribution in [2.45, 2.75) is 19.6 Å². The SMILES string of the molecule is CC1(C)OC(=O)C(=CNc2cccc(-c3cccc(C(=O)O)n3)c2)C(=O)O1. The van der Waals surface area contributed by atoms with Gasteiger partial charge in [-0.2, -0.15) is 0 Å². The van der Waals surface area contributed by atoms with Gasteiger partial charge in [-0.1, -0.05) is 18.2 Å². The number of pyridine rings is 1. The summed E-state index contributed by atoms with van der Waals surface area (Å²) in [5, 5.41) is 11.9. The van der Waals surface area contributed by atoms with Crippen molar-refractivity contribution in [2.24, 2.45) is 0 Å². The van der Waals surface area contributed by atoms with Gasteiger partial charge in [-0.3, -0.25) is 0 Å². The molecule has 0 radical (unpaired) electrons. The van der Waals surface area contributed by atoms with E-state index in [0.29, 0.717) is 16.9 Å². The molecule has 0 bridgehead atoms. The number of hydrogen-bond acceptors (Lipinski definition) is 7. The highest BCUT2D eigenvalue weighted by atomic mass is 16.7. The molecule has 1 aliphatic rings. The van der Waals surface area contributed by atoms with Gasteiger partial charge in [0.25, 0.3) is 5.79 Å². The Kier molecular flexibility index (Phi) is 4.64. The van der Waals surface area contributed by atoms with E-state index in [1.165, 1.54) is 26.1 Å². The van der Waals surface area contributed by atoms with Crippen molar-refractivity contribution in [1.82, 2.24) is 4.98 Å². The summed E-state index contributed by atoms with van der Waals surface area (Å²) < 4.78 is 10.0. The number of carbonyl (C=O) groups excluding carboxylic acids is 2. The van der Waals surface area contributed by atoms with Crippen molar-refractivity contribution in [3.8, 4) is 11.3 Å². The zero-order chi connectivity index (χ0) is 19.6. The number of anilines is 1. The average Bonchev–Trinajstić information content (AvgIpc) is 2.60. The van der Waals surface area contributed by atoms with Crippen LogP contribution in [-0.2, 0) is 19.1 Å². The molecule has 138 valence electrons. The van der Waals surface area contributed by atoms with E-state index >= 15 is 0 Å². The number of aromatic carboxylic acids is 1. The molecule has 0 aliphatic carbocycles. The first-order valence-corrected chi connectivity index (χ1v) is 7.99. The molecule has 3 rings (SSSR count). The van der Waals surface area contributed by atoms with Crippen LogP contribution in [-0.4, -0.2) is 33.8 Å². The number of nitrogens with one attached hydrogen (secondary N) is 1. The molecule has 1 aromatic carbocycles. The zero-order valence-electron chi connectivity index (χ0n) is 14.6. The minimum atomic E-state index is -1.30. The summed E-state index contributed by atoms with van der Waals surface area (Å²) >= 11 is 0. The molecule has 0 saturated carbocycles. The molecule has 2 aromatic rings. The zero-order valence-corrected chi connectivity index (χ0v) is 14.6. The maximum Gasteiger partial charge on any atom is 0.354 e. The first-order chi connectivity index (χ1) is 12.7. The number of carboxylic acids is 1. The highest BCUT2D eigenvalue weighted by Crippen LogP contribution is 2.24. The lowest BCUT2D eigenvalue weighted by atomic mass is 10.1. The van der Waals surface area contributed by atoms with E-state index in [0.717, 1.165) is 0 Å². The Morgan fingerprint density at radius 1 is 1.11 bits per heavy atom. The Morgan fingerprint density at radius 2 is 1.78 bits per heavy atom. The van der Waals surface area contributed by atoms with Gasteiger partial charge in [0.2, 0.25) is 0 Å². The molecule has 0 unspecified atom stereocenters. The first-order valence-electron chi connectivity index (χ1n) is 7.99. The summed E-state index contributed by atoms with van der Waals surface area (Å²) in [6.07, 6.45) is 1.21. The predicted molar refractivity (Wildman–Crippen MR) is 94.6 cm³/mol. The van der Waals surface area contributed by atoms with Crippen LogP contribution in [0.4, 0.5) is 5.69 Å². The van der Waals surface area contributed by atoms with E-state index in [9.17, 15) is 14.4 Å². The van der Waals surface area contributed by atoms with Gasteiger partial charge < -0.3 is 19.9 Å². The van der Waals surface area contributed by atoms with Crippen LogP contribution in [0.5, 0.6) is 0 Å². The largest absolute Gasteiger partial charge is 0.477 e. The molecule has 2 N–H and O–H groups in total. The normalized spacial score (nSPS) is 15.6. The number of carbonyl (C=O) groups is 3. The van der Waals surface area contributed by atoms with E-state index in [1.54, 1.807) is 36.4 Å². The number of ether oxygens (including phenoxy) is 2. The Labute approximate surface area is 154 Å². The van der Waals surface area contributed by atoms with Crippen LogP contribution in [0.3, 0.4) is 0 Å². The minimum Gasteiger partial charge on any atom is -0.477 e. The van der Waals surface area contributed by atoms with E-state index in [2.05, 4.69) is 10.3 Å². The topological polar surface area (TPSA) is 115 Å². The summed E-state index contributed by atoms with van der Waals surface area (Å²) in [6, 6.07) is 11.6. The van der Waals surface area contributed by atoms with Crippen molar-refractivity contribution in [3.63, 3.8) is 0 Å². The van der Waals surface area contributed by atoms with Crippen molar-refractivity contribution in [3.05, 3.63) is 59.9 Å². The van der Waals surface area contributed by atoms with Crippen LogP contribution in [0, 0.1) is 0 Å². The number of nitrogens with zero attached hydrogens (tertiary/aromatic N) is 1. The van der Waals surface area contributed by atoms with Gasteiger partial charge in [-0.25, -0.2) is 19.4 Å². The standard InChI is InChI=1S/C19H16N2O6/c1-19(2)26-17(24)13(18(25)27-19)10-20-12-6-3-5-11(9-12)14-7-4-8-15(21-14)16(22)23/h3-10,20H,1-2H3,(H,22,23). The Hall–Kier alpha value is -3.68. The quantitative estimate of drug-likeness (QED) is 0.481. The van der Waals surface area contributed by atoms with Gasteiger partial charge in [0.1, 0.15) is 5.69 Å². The molecule has 1 aliphatic heterocycles. The van der Waals surface area contributed by atoms with Crippen molar-refractivity contribution >= 4 is 23.6 Å². The van der Waals surface area contributed by atoms with Crippen LogP contribution in [0.1, 0.15) is 24.3 Å². The molecule has 8 heteroatoms. The van der Waals surface area contributed by atoms with Crippen molar-refractivity contribution < 1.29 is 29.0 Å². The smallest absolute Gasteiger partial charge is 0.354 e. The van der Waals surface area contributed by atoms with E-state index in [4.69, 9.17) is 14.6 Å². The van der Waals surface area contributed by atoms with E-state index in [1.807, 2.05) is 0 Å². The molecule has 0 spiro atoms. The van der Waals surface area contributed by atoms with Crippen molar-refractivity contribution in [2.75, 3.05) is 5.32 Å². The molecule has 2 heterocycles. The maximum absolute atomic E-state index is 11.9. The second kappa shape index (κ2) is 6.91. The molecule has 1 saturated heterocycles. The fourth-order valence-electron chi connectivity index (χ4n) is 2.42. The monoisotopic (exact) mass is 368 g/mol. The van der Waals surface area contributed by atoms with Gasteiger partial charge in [0, 0.05) is 31.3 Å². The molecule has 0 amide bonds. The van der Waals surface area contributed by atoms with Crippen LogP contribution in [0.25, 0.3) is 11.3 Å². The van der Waals surface area contributed by atoms with Gasteiger partial charge in [0.05, 0.1) is 5.69 Å². The number of carboxylic acid groups (broad SMARTS) is 1. The second-order valence-corrected chi connectivity index (χ2v) is 6.18. The number of esters is 2. The molecule has 1 aromatic heterocycles. The van der Waals surface area contributed by atoms with Crippen LogP contribution in [0.2, 0.25) is 0 Å². The third-order valence-corrected chi connectivity index (χ3v) is 3.63. The van der Waals surface area contributed by atoms with Gasteiger partial charge in [0.15, 0.2) is 5.57 Å². The van der Waals surface area contributed by atoms with Crippen LogP contribution in [0.15, 0.2) is 54.2 Å².